The number of imidazole rings is 1. The number of fused-ring (bicyclic) bond motifs is 1. The second kappa shape index (κ2) is 3.71. The summed E-state index contributed by atoms with van der Waals surface area (Å²) in [5.41, 5.74) is 6.67. The van der Waals surface area contributed by atoms with Gasteiger partial charge in [-0.15, -0.1) is 0 Å². The Labute approximate surface area is 101 Å². The van der Waals surface area contributed by atoms with Gasteiger partial charge in [0.1, 0.15) is 15.9 Å². The number of aromatic nitrogens is 3. The summed E-state index contributed by atoms with van der Waals surface area (Å²) in [5.74, 6) is 1.83. The highest BCUT2D eigenvalue weighted by Crippen LogP contribution is 2.30. The molecule has 0 unspecified atom stereocenters. The minimum Gasteiger partial charge on any atom is -0.382 e. The van der Waals surface area contributed by atoms with Crippen LogP contribution < -0.4 is 5.73 Å². The van der Waals surface area contributed by atoms with Gasteiger partial charge in [-0.25, -0.2) is 9.97 Å². The maximum Gasteiger partial charge on any atom is 0.150 e. The number of hydrogen-bond donors (Lipinski definition) is 1. The largest absolute Gasteiger partial charge is 0.382 e. The molecule has 2 aromatic rings. The SMILES string of the molecule is Nc1nccn2c([C@@H]3CCOC3)nc(Br)c12. The van der Waals surface area contributed by atoms with Crippen molar-refractivity contribution in [3.63, 3.8) is 0 Å². The summed E-state index contributed by atoms with van der Waals surface area (Å²) in [5, 5.41) is 0. The molecule has 6 heteroatoms. The van der Waals surface area contributed by atoms with Gasteiger partial charge in [0, 0.05) is 24.9 Å². The molecule has 5 nitrogen and oxygen atoms in total. The molecule has 84 valence electrons. The normalized spacial score (nSPS) is 20.7. The third-order valence-corrected chi connectivity index (χ3v) is 3.42. The molecule has 2 N–H and O–H groups in total. The first-order valence-corrected chi connectivity index (χ1v) is 5.92. The number of nitrogen functional groups attached to an aromatic ring is 1. The van der Waals surface area contributed by atoms with Crippen molar-refractivity contribution in [1.82, 2.24) is 14.4 Å². The van der Waals surface area contributed by atoms with Crippen LogP contribution in [0.25, 0.3) is 5.52 Å². The van der Waals surface area contributed by atoms with Crippen LogP contribution in [0.2, 0.25) is 0 Å². The number of nitrogens with zero attached hydrogens (tertiary/aromatic N) is 3. The van der Waals surface area contributed by atoms with E-state index in [0.717, 1.165) is 35.6 Å². The minimum atomic E-state index is 0.348. The monoisotopic (exact) mass is 282 g/mol. The molecule has 0 radical (unpaired) electrons. The maximum atomic E-state index is 5.84. The molecule has 0 saturated carbocycles. The molecule has 2 aromatic heterocycles. The smallest absolute Gasteiger partial charge is 0.150 e. The van der Waals surface area contributed by atoms with Crippen molar-refractivity contribution in [3.8, 4) is 0 Å². The van der Waals surface area contributed by atoms with Crippen LogP contribution in [0.1, 0.15) is 18.2 Å². The van der Waals surface area contributed by atoms with Crippen LogP contribution in [-0.2, 0) is 4.74 Å². The lowest BCUT2D eigenvalue weighted by molar-refractivity contribution is 0.193. The zero-order valence-corrected chi connectivity index (χ0v) is 10.1. The Morgan fingerprint density at radius 1 is 1.56 bits per heavy atom. The van der Waals surface area contributed by atoms with Gasteiger partial charge in [0.25, 0.3) is 0 Å². The molecule has 0 aliphatic carbocycles. The highest BCUT2D eigenvalue weighted by atomic mass is 79.9. The molecular formula is C10H11BrN4O. The zero-order valence-electron chi connectivity index (χ0n) is 8.56. The highest BCUT2D eigenvalue weighted by Gasteiger charge is 2.24. The van der Waals surface area contributed by atoms with Crippen molar-refractivity contribution >= 4 is 27.3 Å². The Bertz CT molecular complexity index is 533. The van der Waals surface area contributed by atoms with Crippen molar-refractivity contribution in [3.05, 3.63) is 22.8 Å². The van der Waals surface area contributed by atoms with Crippen molar-refractivity contribution < 1.29 is 4.74 Å². The minimum absolute atomic E-state index is 0.348. The van der Waals surface area contributed by atoms with Gasteiger partial charge in [-0.2, -0.15) is 0 Å². The number of halogens is 1. The molecule has 1 aliphatic rings. The van der Waals surface area contributed by atoms with E-state index in [2.05, 4.69) is 25.9 Å². The summed E-state index contributed by atoms with van der Waals surface area (Å²) in [6.45, 7) is 1.53. The Kier molecular flexibility index (Phi) is 2.33. The Balaban J connectivity index is 2.22. The van der Waals surface area contributed by atoms with Crippen molar-refractivity contribution in [2.45, 2.75) is 12.3 Å². The first-order valence-electron chi connectivity index (χ1n) is 5.13. The lowest BCUT2D eigenvalue weighted by atomic mass is 10.1. The number of hydrogen-bond acceptors (Lipinski definition) is 4. The molecule has 1 aliphatic heterocycles. The van der Waals surface area contributed by atoms with Gasteiger partial charge in [-0.3, -0.25) is 4.40 Å². The summed E-state index contributed by atoms with van der Waals surface area (Å²) < 4.78 is 8.13. The van der Waals surface area contributed by atoms with E-state index in [1.165, 1.54) is 0 Å². The first-order chi connectivity index (χ1) is 7.77. The second-order valence-electron chi connectivity index (χ2n) is 3.85. The van der Waals surface area contributed by atoms with Crippen LogP contribution >= 0.6 is 15.9 Å². The van der Waals surface area contributed by atoms with Crippen LogP contribution in [0.5, 0.6) is 0 Å². The maximum absolute atomic E-state index is 5.84. The lowest BCUT2D eigenvalue weighted by Crippen LogP contribution is -2.04. The molecular weight excluding hydrogens is 272 g/mol. The van der Waals surface area contributed by atoms with Gasteiger partial charge in [0.2, 0.25) is 0 Å². The molecule has 1 atom stereocenters. The lowest BCUT2D eigenvalue weighted by Gasteiger charge is -2.06. The number of anilines is 1. The molecule has 0 bridgehead atoms. The van der Waals surface area contributed by atoms with Crippen LogP contribution in [0.15, 0.2) is 17.0 Å². The zero-order chi connectivity index (χ0) is 11.1. The summed E-state index contributed by atoms with van der Waals surface area (Å²) in [4.78, 5) is 8.58. The second-order valence-corrected chi connectivity index (χ2v) is 4.60. The van der Waals surface area contributed by atoms with E-state index in [1.807, 2.05) is 10.6 Å². The number of nitrogens with two attached hydrogens (primary N) is 1. The quantitative estimate of drug-likeness (QED) is 0.863. The van der Waals surface area contributed by atoms with Gasteiger partial charge in [-0.1, -0.05) is 0 Å². The summed E-state index contributed by atoms with van der Waals surface area (Å²) in [6, 6.07) is 0. The van der Waals surface area contributed by atoms with Crippen molar-refractivity contribution in [1.29, 1.82) is 0 Å². The summed E-state index contributed by atoms with van der Waals surface area (Å²) >= 11 is 3.42. The standard InChI is InChI=1S/C10H11BrN4O/c11-8-7-9(12)13-2-3-15(7)10(14-8)6-1-4-16-5-6/h2-3,6H,1,4-5H2,(H2,12,13)/t6-/m1/s1. The third kappa shape index (κ3) is 1.41. The first kappa shape index (κ1) is 10.0. The van der Waals surface area contributed by atoms with E-state index in [0.29, 0.717) is 11.7 Å². The molecule has 16 heavy (non-hydrogen) atoms. The van der Waals surface area contributed by atoms with E-state index in [-0.39, 0.29) is 0 Å². The van der Waals surface area contributed by atoms with Gasteiger partial charge in [0.15, 0.2) is 5.82 Å². The van der Waals surface area contributed by atoms with E-state index in [9.17, 15) is 0 Å². The van der Waals surface area contributed by atoms with Crippen molar-refractivity contribution in [2.24, 2.45) is 0 Å². The van der Waals surface area contributed by atoms with Gasteiger partial charge in [0.05, 0.1) is 6.61 Å². The highest BCUT2D eigenvalue weighted by molar-refractivity contribution is 9.10. The third-order valence-electron chi connectivity index (χ3n) is 2.86. The Hall–Kier alpha value is -1.14. The van der Waals surface area contributed by atoms with E-state index in [4.69, 9.17) is 10.5 Å². The molecule has 0 amide bonds. The van der Waals surface area contributed by atoms with E-state index < -0.39 is 0 Å². The fourth-order valence-electron chi connectivity index (χ4n) is 2.07. The Morgan fingerprint density at radius 2 is 2.44 bits per heavy atom. The van der Waals surface area contributed by atoms with Crippen LogP contribution in [0.4, 0.5) is 5.82 Å². The fraction of sp³-hybridized carbons (Fsp3) is 0.400. The van der Waals surface area contributed by atoms with Crippen LogP contribution in [-0.4, -0.2) is 27.6 Å². The predicted octanol–water partition coefficient (Wildman–Crippen LogP) is 1.58. The van der Waals surface area contributed by atoms with E-state index in [1.54, 1.807) is 6.20 Å². The average Bonchev–Trinajstić information content (AvgIpc) is 2.86. The molecule has 1 saturated heterocycles. The Morgan fingerprint density at radius 3 is 3.19 bits per heavy atom. The summed E-state index contributed by atoms with van der Waals surface area (Å²) in [7, 11) is 0. The molecule has 0 aromatic carbocycles. The molecule has 0 spiro atoms. The summed E-state index contributed by atoms with van der Waals surface area (Å²) in [6.07, 6.45) is 4.58. The molecule has 1 fully saturated rings. The average molecular weight is 283 g/mol. The fourth-order valence-corrected chi connectivity index (χ4v) is 2.64. The molecule has 3 heterocycles. The topological polar surface area (TPSA) is 65.4 Å². The number of ether oxygens (including phenoxy) is 1. The predicted molar refractivity (Wildman–Crippen MR) is 63.3 cm³/mol. The van der Waals surface area contributed by atoms with Gasteiger partial charge < -0.3 is 10.5 Å². The molecule has 3 rings (SSSR count). The number of rotatable bonds is 1. The van der Waals surface area contributed by atoms with Gasteiger partial charge in [-0.05, 0) is 22.4 Å². The van der Waals surface area contributed by atoms with Gasteiger partial charge >= 0.3 is 0 Å². The van der Waals surface area contributed by atoms with Crippen LogP contribution in [0, 0.1) is 0 Å². The van der Waals surface area contributed by atoms with Crippen LogP contribution in [0.3, 0.4) is 0 Å². The van der Waals surface area contributed by atoms with Crippen molar-refractivity contribution in [2.75, 3.05) is 18.9 Å². The van der Waals surface area contributed by atoms with E-state index >= 15 is 0 Å².